The Kier molecular flexibility index (Phi) is 8.12. The van der Waals surface area contributed by atoms with E-state index in [-0.39, 0.29) is 12.2 Å². The molecule has 0 aliphatic heterocycles. The van der Waals surface area contributed by atoms with Crippen molar-refractivity contribution in [2.45, 2.75) is 32.6 Å². The number of sulfonamides is 1. The zero-order valence-electron chi connectivity index (χ0n) is 18.7. The molecule has 0 spiro atoms. The summed E-state index contributed by atoms with van der Waals surface area (Å²) in [6.45, 7) is 2.58. The Morgan fingerprint density at radius 1 is 1.09 bits per heavy atom. The van der Waals surface area contributed by atoms with Crippen LogP contribution in [0.3, 0.4) is 0 Å². The fourth-order valence-electron chi connectivity index (χ4n) is 3.25. The van der Waals surface area contributed by atoms with Crippen molar-refractivity contribution in [3.63, 3.8) is 0 Å². The molecular weight excluding hydrogens is 459 g/mol. The lowest BCUT2D eigenvalue weighted by Crippen LogP contribution is -2.50. The quantitative estimate of drug-likeness (QED) is 0.623. The molecule has 2 aromatic carbocycles. The van der Waals surface area contributed by atoms with E-state index in [9.17, 15) is 31.2 Å². The Labute approximate surface area is 191 Å². The molecule has 33 heavy (non-hydrogen) atoms. The minimum Gasteiger partial charge on any atom is -0.357 e. The summed E-state index contributed by atoms with van der Waals surface area (Å²) in [5.74, 6) is -1.21. The van der Waals surface area contributed by atoms with Gasteiger partial charge in [-0.15, -0.1) is 0 Å². The first-order chi connectivity index (χ1) is 15.2. The molecule has 0 unspecified atom stereocenters. The Bertz CT molecular complexity index is 1120. The zero-order chi connectivity index (χ0) is 25.0. The molecule has 2 aromatic rings. The highest BCUT2D eigenvalue weighted by atomic mass is 32.2. The summed E-state index contributed by atoms with van der Waals surface area (Å²) in [4.78, 5) is 26.7. The average molecular weight is 486 g/mol. The smallest absolute Gasteiger partial charge is 0.357 e. The lowest BCUT2D eigenvalue weighted by Gasteiger charge is -2.31. The summed E-state index contributed by atoms with van der Waals surface area (Å²) in [5, 5.41) is 2.45. The number of carbonyl (C=O) groups excluding carboxylic acids is 2. The van der Waals surface area contributed by atoms with E-state index in [0.717, 1.165) is 24.0 Å². The van der Waals surface area contributed by atoms with Crippen molar-refractivity contribution < 1.29 is 31.2 Å². The van der Waals surface area contributed by atoms with Crippen LogP contribution in [0, 0.1) is 6.92 Å². The second-order valence-corrected chi connectivity index (χ2v) is 9.53. The molecule has 0 aliphatic carbocycles. The van der Waals surface area contributed by atoms with E-state index in [1.54, 1.807) is 12.1 Å². The molecule has 0 fully saturated rings. The maximum Gasteiger partial charge on any atom is 0.416 e. The number of halogens is 3. The molecule has 11 heteroatoms. The van der Waals surface area contributed by atoms with Crippen molar-refractivity contribution in [1.82, 2.24) is 10.2 Å². The van der Waals surface area contributed by atoms with E-state index >= 15 is 0 Å². The summed E-state index contributed by atoms with van der Waals surface area (Å²) in [6, 6.07) is 9.98. The van der Waals surface area contributed by atoms with E-state index in [4.69, 9.17) is 0 Å². The van der Waals surface area contributed by atoms with Gasteiger partial charge in [0.15, 0.2) is 0 Å². The molecule has 0 heterocycles. The van der Waals surface area contributed by atoms with Gasteiger partial charge in [-0.25, -0.2) is 8.42 Å². The predicted octanol–water partition coefficient (Wildman–Crippen LogP) is 2.94. The number of carbonyl (C=O) groups is 2. The van der Waals surface area contributed by atoms with Gasteiger partial charge in [0.1, 0.15) is 12.6 Å². The number of nitrogens with one attached hydrogen (secondary N) is 1. The first kappa shape index (κ1) is 26.2. The molecule has 180 valence electrons. The number of aryl methyl sites for hydroxylation is 1. The van der Waals surface area contributed by atoms with Crippen LogP contribution in [-0.2, 0) is 32.3 Å². The number of amides is 2. The third-order valence-corrected chi connectivity index (χ3v) is 6.13. The number of benzene rings is 2. The largest absolute Gasteiger partial charge is 0.416 e. The monoisotopic (exact) mass is 485 g/mol. The highest BCUT2D eigenvalue weighted by Crippen LogP contribution is 2.32. The summed E-state index contributed by atoms with van der Waals surface area (Å²) in [7, 11) is -2.72. The highest BCUT2D eigenvalue weighted by Gasteiger charge is 2.33. The fourth-order valence-corrected chi connectivity index (χ4v) is 4.09. The standard InChI is InChI=1S/C22H26F3N3O4S/c1-15-7-5-8-17(11-15)13-27(16(2)21(30)26-3)20(29)14-28(33(4,31)32)19-10-6-9-18(12-19)22(23,24)25/h5-12,16H,13-14H2,1-4H3,(H,26,30)/t16-/m1/s1. The van der Waals surface area contributed by atoms with Crippen LogP contribution in [0.1, 0.15) is 23.6 Å². The average Bonchev–Trinajstić information content (AvgIpc) is 2.73. The number of alkyl halides is 3. The lowest BCUT2D eigenvalue weighted by molar-refractivity contribution is -0.139. The van der Waals surface area contributed by atoms with Gasteiger partial charge in [-0.1, -0.05) is 35.9 Å². The van der Waals surface area contributed by atoms with Crippen LogP contribution in [0.25, 0.3) is 0 Å². The molecule has 0 aromatic heterocycles. The lowest BCUT2D eigenvalue weighted by atomic mass is 10.1. The van der Waals surface area contributed by atoms with Crippen LogP contribution < -0.4 is 9.62 Å². The minimum absolute atomic E-state index is 0.00922. The van der Waals surface area contributed by atoms with Crippen LogP contribution in [-0.4, -0.2) is 51.0 Å². The van der Waals surface area contributed by atoms with Crippen LogP contribution in [0.4, 0.5) is 18.9 Å². The van der Waals surface area contributed by atoms with Gasteiger partial charge in [0.2, 0.25) is 21.8 Å². The summed E-state index contributed by atoms with van der Waals surface area (Å²) < 4.78 is 64.8. The molecule has 2 rings (SSSR count). The first-order valence-electron chi connectivity index (χ1n) is 9.95. The normalized spacial score (nSPS) is 12.7. The molecule has 0 radical (unpaired) electrons. The van der Waals surface area contributed by atoms with Crippen LogP contribution in [0.15, 0.2) is 48.5 Å². The third-order valence-electron chi connectivity index (χ3n) is 4.99. The van der Waals surface area contributed by atoms with E-state index in [1.807, 2.05) is 19.1 Å². The summed E-state index contributed by atoms with van der Waals surface area (Å²) >= 11 is 0. The van der Waals surface area contributed by atoms with Gasteiger partial charge in [0.05, 0.1) is 17.5 Å². The van der Waals surface area contributed by atoms with Gasteiger partial charge in [0.25, 0.3) is 0 Å². The predicted molar refractivity (Wildman–Crippen MR) is 119 cm³/mol. The number of anilines is 1. The number of nitrogens with zero attached hydrogens (tertiary/aromatic N) is 2. The molecule has 7 nitrogen and oxygen atoms in total. The Morgan fingerprint density at radius 2 is 1.73 bits per heavy atom. The van der Waals surface area contributed by atoms with Crippen LogP contribution >= 0.6 is 0 Å². The molecule has 0 saturated heterocycles. The molecule has 0 saturated carbocycles. The van der Waals surface area contributed by atoms with Gasteiger partial charge < -0.3 is 10.2 Å². The molecule has 1 atom stereocenters. The Balaban J connectivity index is 2.43. The van der Waals surface area contributed by atoms with Crippen molar-refractivity contribution in [3.8, 4) is 0 Å². The number of hydrogen-bond donors (Lipinski definition) is 1. The SMILES string of the molecule is CNC(=O)[C@@H](C)N(Cc1cccc(C)c1)C(=O)CN(c1cccc(C(F)(F)F)c1)S(C)(=O)=O. The zero-order valence-corrected chi connectivity index (χ0v) is 19.5. The van der Waals surface area contributed by atoms with Crippen molar-refractivity contribution >= 4 is 27.5 Å². The fraction of sp³-hybridized carbons (Fsp3) is 0.364. The van der Waals surface area contributed by atoms with E-state index in [2.05, 4.69) is 5.32 Å². The summed E-state index contributed by atoms with van der Waals surface area (Å²) in [6.07, 6.45) is -3.89. The van der Waals surface area contributed by atoms with Crippen LogP contribution in [0.5, 0.6) is 0 Å². The van der Waals surface area contributed by atoms with Gasteiger partial charge >= 0.3 is 6.18 Å². The van der Waals surface area contributed by atoms with Gasteiger partial charge in [-0.05, 0) is 37.6 Å². The number of likely N-dealkylation sites (N-methyl/N-ethyl adjacent to an activating group) is 1. The minimum atomic E-state index is -4.69. The molecule has 2 amide bonds. The Hall–Kier alpha value is -3.08. The van der Waals surface area contributed by atoms with E-state index < -0.39 is 46.2 Å². The van der Waals surface area contributed by atoms with Gasteiger partial charge in [-0.3, -0.25) is 13.9 Å². The number of hydrogen-bond acceptors (Lipinski definition) is 4. The molecular formula is C22H26F3N3O4S. The molecule has 0 bridgehead atoms. The second kappa shape index (κ2) is 10.2. The van der Waals surface area contributed by atoms with Gasteiger partial charge in [-0.2, -0.15) is 13.2 Å². The third kappa shape index (κ3) is 6.95. The first-order valence-corrected chi connectivity index (χ1v) is 11.8. The summed E-state index contributed by atoms with van der Waals surface area (Å²) in [5.41, 5.74) is 0.290. The van der Waals surface area contributed by atoms with Crippen molar-refractivity contribution in [2.24, 2.45) is 0 Å². The second-order valence-electron chi connectivity index (χ2n) is 7.62. The highest BCUT2D eigenvalue weighted by molar-refractivity contribution is 7.92. The van der Waals surface area contributed by atoms with Crippen LogP contribution in [0.2, 0.25) is 0 Å². The Morgan fingerprint density at radius 3 is 2.27 bits per heavy atom. The molecule has 0 aliphatic rings. The van der Waals surface area contributed by atoms with E-state index in [1.165, 1.54) is 24.9 Å². The van der Waals surface area contributed by atoms with Gasteiger partial charge in [0, 0.05) is 13.6 Å². The number of rotatable bonds is 8. The topological polar surface area (TPSA) is 86.8 Å². The maximum absolute atomic E-state index is 13.2. The molecule has 1 N–H and O–H groups in total. The van der Waals surface area contributed by atoms with Crippen molar-refractivity contribution in [2.75, 3.05) is 24.2 Å². The van der Waals surface area contributed by atoms with E-state index in [0.29, 0.717) is 15.9 Å². The van der Waals surface area contributed by atoms with Crippen molar-refractivity contribution in [1.29, 1.82) is 0 Å². The van der Waals surface area contributed by atoms with Crippen molar-refractivity contribution in [3.05, 3.63) is 65.2 Å². The maximum atomic E-state index is 13.2.